The van der Waals surface area contributed by atoms with Crippen LogP contribution in [0.15, 0.2) is 23.6 Å². The predicted octanol–water partition coefficient (Wildman–Crippen LogP) is 3.02. The lowest BCUT2D eigenvalue weighted by Gasteiger charge is -1.94. The fraction of sp³-hybridized carbons (Fsp3) is 0.300. The molecule has 0 fully saturated rings. The molecule has 0 spiro atoms. The van der Waals surface area contributed by atoms with Crippen LogP contribution >= 0.6 is 11.3 Å². The van der Waals surface area contributed by atoms with Gasteiger partial charge in [-0.05, 0) is 17.9 Å². The number of carbonyl (C=O) groups is 1. The smallest absolute Gasteiger partial charge is 0.159 e. The lowest BCUT2D eigenvalue weighted by molar-refractivity contribution is -0.114. The Hall–Kier alpha value is -1.09. The van der Waals surface area contributed by atoms with Gasteiger partial charge in [-0.1, -0.05) is 13.0 Å². The Morgan fingerprint density at radius 1 is 1.69 bits per heavy atom. The lowest BCUT2D eigenvalue weighted by atomic mass is 10.2. The summed E-state index contributed by atoms with van der Waals surface area (Å²) in [4.78, 5) is 11.9. The Bertz CT molecular complexity index is 299. The van der Waals surface area contributed by atoms with E-state index in [1.807, 2.05) is 18.4 Å². The van der Waals surface area contributed by atoms with Gasteiger partial charge in [-0.3, -0.25) is 4.79 Å². The topological polar surface area (TPSA) is 37.3 Å². The van der Waals surface area contributed by atoms with Crippen molar-refractivity contribution in [3.05, 3.63) is 28.5 Å². The molecule has 1 rings (SSSR count). The molecular formula is C10H12O2S. The molecule has 1 aromatic rings. The molecule has 1 heterocycles. The maximum atomic E-state index is 11.1. The van der Waals surface area contributed by atoms with Crippen LogP contribution in [0.5, 0.6) is 0 Å². The highest BCUT2D eigenvalue weighted by atomic mass is 32.1. The first-order valence-corrected chi connectivity index (χ1v) is 5.09. The number of hydrogen-bond donors (Lipinski definition) is 1. The summed E-state index contributed by atoms with van der Waals surface area (Å²) < 4.78 is 0. The summed E-state index contributed by atoms with van der Waals surface area (Å²) in [6, 6.07) is 3.63. The fourth-order valence-electron chi connectivity index (χ4n) is 0.966. The van der Waals surface area contributed by atoms with E-state index in [2.05, 4.69) is 0 Å². The van der Waals surface area contributed by atoms with Gasteiger partial charge in [-0.15, -0.1) is 11.3 Å². The van der Waals surface area contributed by atoms with Crippen LogP contribution in [-0.2, 0) is 4.79 Å². The van der Waals surface area contributed by atoms with Crippen LogP contribution in [0.4, 0.5) is 0 Å². The Kier molecular flexibility index (Phi) is 3.71. The van der Waals surface area contributed by atoms with E-state index >= 15 is 0 Å². The summed E-state index contributed by atoms with van der Waals surface area (Å²) in [5.74, 6) is 0.0573. The number of rotatable bonds is 4. The second-order valence-corrected chi connectivity index (χ2v) is 3.67. The van der Waals surface area contributed by atoms with Crippen molar-refractivity contribution < 1.29 is 9.90 Å². The van der Waals surface area contributed by atoms with Crippen molar-refractivity contribution >= 4 is 22.9 Å². The summed E-state index contributed by atoms with van der Waals surface area (Å²) in [6.07, 6.45) is 2.61. The standard InChI is InChI=1S/C10H12O2S/c1-2-4-8(11)7-9(12)10-5-3-6-13-10/h3,5-7,12H,2,4H2,1H3. The van der Waals surface area contributed by atoms with Crippen LogP contribution in [0.1, 0.15) is 24.6 Å². The Morgan fingerprint density at radius 3 is 3.00 bits per heavy atom. The lowest BCUT2D eigenvalue weighted by Crippen LogP contribution is -1.92. The van der Waals surface area contributed by atoms with Crippen LogP contribution in [0.3, 0.4) is 0 Å². The molecule has 0 atom stereocenters. The molecule has 70 valence electrons. The number of hydrogen-bond acceptors (Lipinski definition) is 3. The predicted molar refractivity (Wildman–Crippen MR) is 54.8 cm³/mol. The van der Waals surface area contributed by atoms with Crippen molar-refractivity contribution in [3.63, 3.8) is 0 Å². The van der Waals surface area contributed by atoms with Crippen molar-refractivity contribution in [1.82, 2.24) is 0 Å². The van der Waals surface area contributed by atoms with E-state index in [1.165, 1.54) is 17.4 Å². The van der Waals surface area contributed by atoms with Gasteiger partial charge in [0.05, 0.1) is 4.88 Å². The molecule has 0 aliphatic carbocycles. The largest absolute Gasteiger partial charge is 0.506 e. The maximum Gasteiger partial charge on any atom is 0.159 e. The van der Waals surface area contributed by atoms with E-state index < -0.39 is 0 Å². The van der Waals surface area contributed by atoms with Crippen LogP contribution in [0.25, 0.3) is 5.76 Å². The zero-order valence-electron chi connectivity index (χ0n) is 7.49. The number of ketones is 1. The van der Waals surface area contributed by atoms with E-state index in [-0.39, 0.29) is 11.5 Å². The van der Waals surface area contributed by atoms with Gasteiger partial charge >= 0.3 is 0 Å². The molecule has 13 heavy (non-hydrogen) atoms. The molecule has 1 aromatic heterocycles. The first-order valence-electron chi connectivity index (χ1n) is 4.21. The van der Waals surface area contributed by atoms with E-state index in [4.69, 9.17) is 0 Å². The van der Waals surface area contributed by atoms with Gasteiger partial charge in [-0.25, -0.2) is 0 Å². The van der Waals surface area contributed by atoms with Crippen molar-refractivity contribution in [2.45, 2.75) is 19.8 Å². The zero-order chi connectivity index (χ0) is 9.68. The molecule has 0 aliphatic rings. The summed E-state index contributed by atoms with van der Waals surface area (Å²) in [6.45, 7) is 1.94. The second-order valence-electron chi connectivity index (χ2n) is 2.72. The third-order valence-corrected chi connectivity index (χ3v) is 2.46. The molecule has 0 amide bonds. The first-order chi connectivity index (χ1) is 6.24. The summed E-state index contributed by atoms with van der Waals surface area (Å²) >= 11 is 1.42. The average molecular weight is 196 g/mol. The molecule has 2 nitrogen and oxygen atoms in total. The van der Waals surface area contributed by atoms with Gasteiger partial charge in [-0.2, -0.15) is 0 Å². The van der Waals surface area contributed by atoms with Gasteiger partial charge in [0.2, 0.25) is 0 Å². The number of aliphatic hydroxyl groups excluding tert-OH is 1. The Morgan fingerprint density at radius 2 is 2.46 bits per heavy atom. The van der Waals surface area contributed by atoms with Crippen molar-refractivity contribution in [2.75, 3.05) is 0 Å². The van der Waals surface area contributed by atoms with E-state index in [9.17, 15) is 9.90 Å². The van der Waals surface area contributed by atoms with Crippen LogP contribution < -0.4 is 0 Å². The highest BCUT2D eigenvalue weighted by Crippen LogP contribution is 2.17. The van der Waals surface area contributed by atoms with Crippen LogP contribution in [-0.4, -0.2) is 10.9 Å². The minimum atomic E-state index is -0.0200. The molecule has 0 saturated carbocycles. The van der Waals surface area contributed by atoms with E-state index in [1.54, 1.807) is 6.07 Å². The molecule has 0 aliphatic heterocycles. The molecular weight excluding hydrogens is 184 g/mol. The molecule has 0 unspecified atom stereocenters. The number of aliphatic hydroxyl groups is 1. The minimum absolute atomic E-state index is 0.0200. The zero-order valence-corrected chi connectivity index (χ0v) is 8.30. The quantitative estimate of drug-likeness (QED) is 0.593. The van der Waals surface area contributed by atoms with Crippen molar-refractivity contribution in [1.29, 1.82) is 0 Å². The molecule has 0 aromatic carbocycles. The van der Waals surface area contributed by atoms with Gasteiger partial charge in [0.15, 0.2) is 5.78 Å². The molecule has 0 saturated heterocycles. The Labute approximate surface area is 81.5 Å². The highest BCUT2D eigenvalue weighted by molar-refractivity contribution is 7.11. The molecule has 3 heteroatoms. The van der Waals surface area contributed by atoms with Gasteiger partial charge in [0.25, 0.3) is 0 Å². The number of carbonyl (C=O) groups excluding carboxylic acids is 1. The SMILES string of the molecule is CCCC(=O)C=C(O)c1cccs1. The van der Waals surface area contributed by atoms with Gasteiger partial charge in [0, 0.05) is 12.5 Å². The molecule has 1 N–H and O–H groups in total. The third kappa shape index (κ3) is 3.03. The highest BCUT2D eigenvalue weighted by Gasteiger charge is 2.02. The normalized spacial score (nSPS) is 11.6. The van der Waals surface area contributed by atoms with Crippen LogP contribution in [0, 0.1) is 0 Å². The summed E-state index contributed by atoms with van der Waals surface area (Å²) in [7, 11) is 0. The Balaban J connectivity index is 2.67. The van der Waals surface area contributed by atoms with Crippen molar-refractivity contribution in [3.8, 4) is 0 Å². The first kappa shape index (κ1) is 9.99. The summed E-state index contributed by atoms with van der Waals surface area (Å²) in [5.41, 5.74) is 0. The van der Waals surface area contributed by atoms with E-state index in [0.29, 0.717) is 6.42 Å². The minimum Gasteiger partial charge on any atom is -0.506 e. The van der Waals surface area contributed by atoms with Gasteiger partial charge < -0.3 is 5.11 Å². The maximum absolute atomic E-state index is 11.1. The van der Waals surface area contributed by atoms with Crippen molar-refractivity contribution in [2.24, 2.45) is 0 Å². The fourth-order valence-corrected chi connectivity index (χ4v) is 1.61. The summed E-state index contributed by atoms with van der Waals surface area (Å²) in [5, 5.41) is 11.3. The van der Waals surface area contributed by atoms with Crippen LogP contribution in [0.2, 0.25) is 0 Å². The third-order valence-electron chi connectivity index (χ3n) is 1.57. The second kappa shape index (κ2) is 4.82. The van der Waals surface area contributed by atoms with E-state index in [0.717, 1.165) is 11.3 Å². The monoisotopic (exact) mass is 196 g/mol. The number of thiophene rings is 1. The molecule has 0 radical (unpaired) electrons. The van der Waals surface area contributed by atoms with Gasteiger partial charge in [0.1, 0.15) is 5.76 Å². The number of allylic oxidation sites excluding steroid dienone is 1. The molecule has 0 bridgehead atoms. The average Bonchev–Trinajstić information content (AvgIpc) is 2.55.